The molecule has 1 saturated heterocycles. The second-order valence-corrected chi connectivity index (χ2v) is 4.97. The molecule has 1 aromatic carbocycles. The number of aromatic nitrogens is 2. The normalized spacial score (nSPS) is 18.8. The van der Waals surface area contributed by atoms with E-state index in [0.717, 1.165) is 0 Å². The van der Waals surface area contributed by atoms with Crippen molar-refractivity contribution in [2.45, 2.75) is 25.8 Å². The molecule has 108 valence electrons. The maximum atomic E-state index is 12.0. The quantitative estimate of drug-likeness (QED) is 0.803. The van der Waals surface area contributed by atoms with E-state index in [1.165, 1.54) is 6.07 Å². The first-order valence-corrected chi connectivity index (χ1v) is 6.53. The Kier molecular flexibility index (Phi) is 2.97. The molecule has 7 nitrogen and oxygen atoms in total. The molecule has 1 unspecified atom stereocenters. The van der Waals surface area contributed by atoms with E-state index in [9.17, 15) is 19.5 Å². The van der Waals surface area contributed by atoms with Crippen molar-refractivity contribution in [1.82, 2.24) is 14.9 Å². The van der Waals surface area contributed by atoms with Gasteiger partial charge in [-0.2, -0.15) is 0 Å². The van der Waals surface area contributed by atoms with Crippen LogP contribution in [0.15, 0.2) is 18.2 Å². The fraction of sp³-hybridized carbons (Fsp3) is 0.286. The van der Waals surface area contributed by atoms with Crippen molar-refractivity contribution in [3.8, 4) is 0 Å². The van der Waals surface area contributed by atoms with E-state index in [0.29, 0.717) is 23.3 Å². The number of fused-ring (bicyclic) bond motifs is 1. The minimum Gasteiger partial charge on any atom is -0.478 e. The highest BCUT2D eigenvalue weighted by Crippen LogP contribution is 2.27. The first kappa shape index (κ1) is 13.3. The molecule has 0 saturated carbocycles. The first-order valence-electron chi connectivity index (χ1n) is 6.53. The van der Waals surface area contributed by atoms with Gasteiger partial charge < -0.3 is 9.67 Å². The molecule has 2 amide bonds. The molecule has 0 aliphatic carbocycles. The van der Waals surface area contributed by atoms with Gasteiger partial charge in [0, 0.05) is 6.42 Å². The number of carboxylic acids is 1. The van der Waals surface area contributed by atoms with Crippen molar-refractivity contribution in [2.24, 2.45) is 0 Å². The SMILES string of the molecule is Cc1nc2c(C(=O)O)cccc2n1C1CCC(=O)NC1=O. The Labute approximate surface area is 119 Å². The number of hydrogen-bond donors (Lipinski definition) is 2. The number of carbonyl (C=O) groups excluding carboxylic acids is 2. The number of aromatic carboxylic acids is 1. The lowest BCUT2D eigenvalue weighted by Gasteiger charge is -2.23. The van der Waals surface area contributed by atoms with Crippen LogP contribution in [0.25, 0.3) is 11.0 Å². The lowest BCUT2D eigenvalue weighted by Crippen LogP contribution is -2.41. The Morgan fingerprint density at radius 2 is 2.19 bits per heavy atom. The van der Waals surface area contributed by atoms with Gasteiger partial charge in [0.1, 0.15) is 17.4 Å². The average molecular weight is 287 g/mol. The highest BCUT2D eigenvalue weighted by atomic mass is 16.4. The summed E-state index contributed by atoms with van der Waals surface area (Å²) in [7, 11) is 0. The summed E-state index contributed by atoms with van der Waals surface area (Å²) in [4.78, 5) is 38.8. The van der Waals surface area contributed by atoms with Crippen LogP contribution in [0, 0.1) is 6.92 Å². The Morgan fingerprint density at radius 1 is 1.43 bits per heavy atom. The molecular formula is C14H13N3O4. The van der Waals surface area contributed by atoms with E-state index < -0.39 is 12.0 Å². The Morgan fingerprint density at radius 3 is 2.86 bits per heavy atom. The van der Waals surface area contributed by atoms with Crippen LogP contribution in [-0.4, -0.2) is 32.4 Å². The molecule has 1 aliphatic rings. The molecule has 1 fully saturated rings. The monoisotopic (exact) mass is 287 g/mol. The lowest BCUT2D eigenvalue weighted by molar-refractivity contribution is -0.135. The predicted molar refractivity (Wildman–Crippen MR) is 72.9 cm³/mol. The number of para-hydroxylation sites is 1. The largest absolute Gasteiger partial charge is 0.478 e. The van der Waals surface area contributed by atoms with E-state index >= 15 is 0 Å². The van der Waals surface area contributed by atoms with Crippen LogP contribution in [-0.2, 0) is 9.59 Å². The third kappa shape index (κ3) is 2.06. The van der Waals surface area contributed by atoms with Crippen molar-refractivity contribution < 1.29 is 19.5 Å². The molecule has 0 bridgehead atoms. The van der Waals surface area contributed by atoms with Crippen LogP contribution in [0.5, 0.6) is 0 Å². The van der Waals surface area contributed by atoms with E-state index in [-0.39, 0.29) is 23.8 Å². The van der Waals surface area contributed by atoms with Crippen LogP contribution in [0.4, 0.5) is 0 Å². The van der Waals surface area contributed by atoms with E-state index in [4.69, 9.17) is 0 Å². The van der Waals surface area contributed by atoms with Crippen LogP contribution in [0.3, 0.4) is 0 Å². The van der Waals surface area contributed by atoms with E-state index in [2.05, 4.69) is 10.3 Å². The number of carbonyl (C=O) groups is 3. The number of imidazole rings is 1. The maximum absolute atomic E-state index is 12.0. The van der Waals surface area contributed by atoms with E-state index in [1.54, 1.807) is 23.6 Å². The summed E-state index contributed by atoms with van der Waals surface area (Å²) in [6, 6.07) is 4.28. The fourth-order valence-electron chi connectivity index (χ4n) is 2.73. The number of nitrogens with one attached hydrogen (secondary N) is 1. The summed E-state index contributed by atoms with van der Waals surface area (Å²) < 4.78 is 1.70. The molecule has 0 spiro atoms. The van der Waals surface area contributed by atoms with Crippen LogP contribution >= 0.6 is 0 Å². The number of rotatable bonds is 2. The summed E-state index contributed by atoms with van der Waals surface area (Å²) in [5.74, 6) is -1.18. The van der Waals surface area contributed by atoms with E-state index in [1.807, 2.05) is 0 Å². The standard InChI is InChI=1S/C14H13N3O4/c1-7-15-12-8(14(20)21)3-2-4-9(12)17(7)10-5-6-11(18)16-13(10)19/h2-4,10H,5-6H2,1H3,(H,20,21)(H,16,18,19). The highest BCUT2D eigenvalue weighted by Gasteiger charge is 2.30. The summed E-state index contributed by atoms with van der Waals surface area (Å²) in [5.41, 5.74) is 1.04. The van der Waals surface area contributed by atoms with Crippen molar-refractivity contribution in [3.63, 3.8) is 0 Å². The van der Waals surface area contributed by atoms with Crippen LogP contribution in [0.1, 0.15) is 35.1 Å². The Hall–Kier alpha value is -2.70. The molecule has 2 aromatic rings. The minimum absolute atomic E-state index is 0.0987. The fourth-order valence-corrected chi connectivity index (χ4v) is 2.73. The topological polar surface area (TPSA) is 101 Å². The van der Waals surface area contributed by atoms with Gasteiger partial charge in [0.2, 0.25) is 11.8 Å². The Balaban J connectivity index is 2.17. The summed E-state index contributed by atoms with van der Waals surface area (Å²) in [5, 5.41) is 11.5. The number of piperidine rings is 1. The smallest absolute Gasteiger partial charge is 0.337 e. The van der Waals surface area contributed by atoms with Gasteiger partial charge >= 0.3 is 5.97 Å². The van der Waals surface area contributed by atoms with Crippen LogP contribution < -0.4 is 5.32 Å². The van der Waals surface area contributed by atoms with Crippen molar-refractivity contribution in [2.75, 3.05) is 0 Å². The second-order valence-electron chi connectivity index (χ2n) is 4.97. The Bertz CT molecular complexity index is 778. The number of carboxylic acid groups (broad SMARTS) is 1. The molecule has 7 heteroatoms. The maximum Gasteiger partial charge on any atom is 0.337 e. The van der Waals surface area contributed by atoms with Gasteiger partial charge in [-0.15, -0.1) is 0 Å². The predicted octanol–water partition coefficient (Wildman–Crippen LogP) is 1.02. The third-order valence-corrected chi connectivity index (χ3v) is 3.65. The second kappa shape index (κ2) is 4.69. The van der Waals surface area contributed by atoms with Crippen LogP contribution in [0.2, 0.25) is 0 Å². The minimum atomic E-state index is -1.06. The zero-order valence-corrected chi connectivity index (χ0v) is 11.3. The van der Waals surface area contributed by atoms with Gasteiger partial charge in [0.15, 0.2) is 0 Å². The molecule has 2 N–H and O–H groups in total. The number of nitrogens with zero attached hydrogens (tertiary/aromatic N) is 2. The number of imide groups is 1. The zero-order chi connectivity index (χ0) is 15.1. The first-order chi connectivity index (χ1) is 9.99. The third-order valence-electron chi connectivity index (χ3n) is 3.65. The molecule has 3 rings (SSSR count). The van der Waals surface area contributed by atoms with Gasteiger partial charge in [-0.1, -0.05) is 6.07 Å². The molecule has 21 heavy (non-hydrogen) atoms. The van der Waals surface area contributed by atoms with Crippen molar-refractivity contribution >= 4 is 28.8 Å². The molecule has 1 aliphatic heterocycles. The zero-order valence-electron chi connectivity index (χ0n) is 11.3. The number of aryl methyl sites for hydroxylation is 1. The molecular weight excluding hydrogens is 274 g/mol. The lowest BCUT2D eigenvalue weighted by atomic mass is 10.1. The van der Waals surface area contributed by atoms with Crippen molar-refractivity contribution in [1.29, 1.82) is 0 Å². The molecule has 1 aromatic heterocycles. The highest BCUT2D eigenvalue weighted by molar-refractivity contribution is 6.03. The summed E-state index contributed by atoms with van der Waals surface area (Å²) in [6.07, 6.45) is 0.641. The summed E-state index contributed by atoms with van der Waals surface area (Å²) >= 11 is 0. The van der Waals surface area contributed by atoms with Gasteiger partial charge in [0.05, 0.1) is 11.1 Å². The molecule has 2 heterocycles. The van der Waals surface area contributed by atoms with Gasteiger partial charge in [0.25, 0.3) is 0 Å². The average Bonchev–Trinajstić information content (AvgIpc) is 2.74. The van der Waals surface area contributed by atoms with Gasteiger partial charge in [-0.3, -0.25) is 14.9 Å². The molecule has 1 atom stereocenters. The number of benzene rings is 1. The number of hydrogen-bond acceptors (Lipinski definition) is 4. The summed E-state index contributed by atoms with van der Waals surface area (Å²) in [6.45, 7) is 1.72. The molecule has 0 radical (unpaired) electrons. The number of amides is 2. The van der Waals surface area contributed by atoms with Crippen molar-refractivity contribution in [3.05, 3.63) is 29.6 Å². The van der Waals surface area contributed by atoms with Gasteiger partial charge in [-0.05, 0) is 25.5 Å². The van der Waals surface area contributed by atoms with Gasteiger partial charge in [-0.25, -0.2) is 9.78 Å².